The maximum Gasteiger partial charge on any atom is 0.224 e. The molecular formula is C13H16ClNO2. The molecule has 0 aliphatic carbocycles. The van der Waals surface area contributed by atoms with Gasteiger partial charge in [-0.2, -0.15) is 0 Å². The van der Waals surface area contributed by atoms with Crippen molar-refractivity contribution in [2.24, 2.45) is 0 Å². The molecule has 1 aliphatic heterocycles. The van der Waals surface area contributed by atoms with Gasteiger partial charge in [0.25, 0.3) is 0 Å². The van der Waals surface area contributed by atoms with E-state index >= 15 is 0 Å². The van der Waals surface area contributed by atoms with Crippen molar-refractivity contribution in [1.82, 2.24) is 4.90 Å². The number of rotatable bonds is 3. The molecule has 1 aliphatic rings. The van der Waals surface area contributed by atoms with Gasteiger partial charge in [0.15, 0.2) is 0 Å². The molecule has 0 spiro atoms. The van der Waals surface area contributed by atoms with Gasteiger partial charge in [0.05, 0.1) is 7.11 Å². The van der Waals surface area contributed by atoms with Crippen molar-refractivity contribution in [1.29, 1.82) is 0 Å². The number of carbonyl (C=O) groups excluding carboxylic acids is 1. The van der Waals surface area contributed by atoms with Gasteiger partial charge in [0.2, 0.25) is 5.91 Å². The Kier molecular flexibility index (Phi) is 3.89. The van der Waals surface area contributed by atoms with E-state index in [1.165, 1.54) is 5.56 Å². The topological polar surface area (TPSA) is 29.5 Å². The fourth-order valence-electron chi connectivity index (χ4n) is 2.19. The van der Waals surface area contributed by atoms with Crippen LogP contribution < -0.4 is 4.74 Å². The van der Waals surface area contributed by atoms with E-state index in [4.69, 9.17) is 16.3 Å². The smallest absolute Gasteiger partial charge is 0.224 e. The summed E-state index contributed by atoms with van der Waals surface area (Å²) in [7, 11) is 1.66. The maximum absolute atomic E-state index is 11.8. The van der Waals surface area contributed by atoms with E-state index < -0.39 is 0 Å². The highest BCUT2D eigenvalue weighted by atomic mass is 35.5. The average Bonchev–Trinajstić information content (AvgIpc) is 2.37. The molecule has 92 valence electrons. The Labute approximate surface area is 106 Å². The third-order valence-corrected chi connectivity index (χ3v) is 3.30. The van der Waals surface area contributed by atoms with Crippen LogP contribution in [0.3, 0.4) is 0 Å². The fourth-order valence-corrected chi connectivity index (χ4v) is 2.35. The van der Waals surface area contributed by atoms with Crippen molar-refractivity contribution in [2.75, 3.05) is 19.5 Å². The first-order chi connectivity index (χ1) is 8.26. The first-order valence-electron chi connectivity index (χ1n) is 5.74. The van der Waals surface area contributed by atoms with Gasteiger partial charge >= 0.3 is 0 Å². The molecule has 1 aromatic carbocycles. The SMILES string of the molecule is COc1cccc2c1CN(C(=O)CCCl)CC2. The Balaban J connectivity index is 2.19. The van der Waals surface area contributed by atoms with Crippen LogP contribution >= 0.6 is 11.6 Å². The van der Waals surface area contributed by atoms with E-state index in [1.54, 1.807) is 7.11 Å². The predicted molar refractivity (Wildman–Crippen MR) is 67.5 cm³/mol. The summed E-state index contributed by atoms with van der Waals surface area (Å²) in [6, 6.07) is 6.03. The Bertz CT molecular complexity index is 406. The summed E-state index contributed by atoms with van der Waals surface area (Å²) in [4.78, 5) is 13.7. The predicted octanol–water partition coefficient (Wildman–Crippen LogP) is 2.21. The number of nitrogens with zero attached hydrogens (tertiary/aromatic N) is 1. The molecule has 0 radical (unpaired) electrons. The van der Waals surface area contributed by atoms with Gasteiger partial charge in [-0.25, -0.2) is 0 Å². The first kappa shape index (κ1) is 12.2. The number of carbonyl (C=O) groups is 1. The molecule has 1 amide bonds. The number of methoxy groups -OCH3 is 1. The van der Waals surface area contributed by atoms with E-state index in [1.807, 2.05) is 17.0 Å². The van der Waals surface area contributed by atoms with Gasteiger partial charge in [-0.05, 0) is 18.1 Å². The van der Waals surface area contributed by atoms with Crippen molar-refractivity contribution in [3.8, 4) is 5.75 Å². The third-order valence-electron chi connectivity index (χ3n) is 3.11. The third kappa shape index (κ3) is 2.55. The summed E-state index contributed by atoms with van der Waals surface area (Å²) >= 11 is 5.60. The van der Waals surface area contributed by atoms with Gasteiger partial charge in [0.1, 0.15) is 5.75 Å². The van der Waals surface area contributed by atoms with E-state index in [0.29, 0.717) is 18.8 Å². The number of halogens is 1. The molecule has 4 heteroatoms. The van der Waals surface area contributed by atoms with Crippen LogP contribution in [0, 0.1) is 0 Å². The lowest BCUT2D eigenvalue weighted by molar-refractivity contribution is -0.131. The molecule has 0 N–H and O–H groups in total. The second-order valence-electron chi connectivity index (χ2n) is 4.10. The van der Waals surface area contributed by atoms with Crippen molar-refractivity contribution in [2.45, 2.75) is 19.4 Å². The Morgan fingerprint density at radius 1 is 1.53 bits per heavy atom. The van der Waals surface area contributed by atoms with Crippen LogP contribution in [0.1, 0.15) is 17.5 Å². The number of alkyl halides is 1. The normalized spacial score (nSPS) is 14.4. The highest BCUT2D eigenvalue weighted by Crippen LogP contribution is 2.28. The zero-order valence-corrected chi connectivity index (χ0v) is 10.7. The number of benzene rings is 1. The molecular weight excluding hydrogens is 238 g/mol. The van der Waals surface area contributed by atoms with Gasteiger partial charge in [-0.15, -0.1) is 11.6 Å². The summed E-state index contributed by atoms with van der Waals surface area (Å²) < 4.78 is 5.34. The quantitative estimate of drug-likeness (QED) is 0.773. The van der Waals surface area contributed by atoms with Crippen LogP contribution in [0.25, 0.3) is 0 Å². The highest BCUT2D eigenvalue weighted by Gasteiger charge is 2.22. The van der Waals surface area contributed by atoms with Crippen LogP contribution in [-0.2, 0) is 17.8 Å². The molecule has 0 unspecified atom stereocenters. The molecule has 2 rings (SSSR count). The standard InChI is InChI=1S/C13H16ClNO2/c1-17-12-4-2-3-10-6-8-15(9-11(10)12)13(16)5-7-14/h2-4H,5-9H2,1H3. The number of amides is 1. The van der Waals surface area contributed by atoms with Crippen LogP contribution in [0.15, 0.2) is 18.2 Å². The van der Waals surface area contributed by atoms with Crippen molar-refractivity contribution in [3.63, 3.8) is 0 Å². The van der Waals surface area contributed by atoms with Crippen molar-refractivity contribution < 1.29 is 9.53 Å². The van der Waals surface area contributed by atoms with E-state index in [0.717, 1.165) is 24.3 Å². The number of hydrogen-bond acceptors (Lipinski definition) is 2. The molecule has 0 fully saturated rings. The second kappa shape index (κ2) is 5.41. The molecule has 3 nitrogen and oxygen atoms in total. The molecule has 1 heterocycles. The second-order valence-corrected chi connectivity index (χ2v) is 4.48. The Morgan fingerprint density at radius 2 is 2.35 bits per heavy atom. The number of fused-ring (bicyclic) bond motifs is 1. The highest BCUT2D eigenvalue weighted by molar-refractivity contribution is 6.18. The Morgan fingerprint density at radius 3 is 3.06 bits per heavy atom. The lowest BCUT2D eigenvalue weighted by Gasteiger charge is -2.29. The number of ether oxygens (including phenoxy) is 1. The molecule has 0 aromatic heterocycles. The molecule has 0 saturated heterocycles. The molecule has 0 saturated carbocycles. The molecule has 17 heavy (non-hydrogen) atoms. The zero-order chi connectivity index (χ0) is 12.3. The molecule has 0 bridgehead atoms. The lowest BCUT2D eigenvalue weighted by Crippen LogP contribution is -2.36. The Hall–Kier alpha value is -1.22. The summed E-state index contributed by atoms with van der Waals surface area (Å²) in [5.41, 5.74) is 2.41. The van der Waals surface area contributed by atoms with Gasteiger partial charge < -0.3 is 9.64 Å². The molecule has 1 aromatic rings. The lowest BCUT2D eigenvalue weighted by atomic mass is 9.98. The maximum atomic E-state index is 11.8. The van der Waals surface area contributed by atoms with Crippen molar-refractivity contribution in [3.05, 3.63) is 29.3 Å². The van der Waals surface area contributed by atoms with Crippen LogP contribution in [0.5, 0.6) is 5.75 Å². The van der Waals surface area contributed by atoms with Gasteiger partial charge in [-0.3, -0.25) is 4.79 Å². The summed E-state index contributed by atoms with van der Waals surface area (Å²) in [6.45, 7) is 1.41. The van der Waals surface area contributed by atoms with Gasteiger partial charge in [0, 0.05) is 31.0 Å². The minimum atomic E-state index is 0.122. The van der Waals surface area contributed by atoms with Crippen LogP contribution in [0.2, 0.25) is 0 Å². The van der Waals surface area contributed by atoms with Gasteiger partial charge in [-0.1, -0.05) is 12.1 Å². The van der Waals surface area contributed by atoms with E-state index in [-0.39, 0.29) is 5.91 Å². The molecule has 0 atom stereocenters. The van der Waals surface area contributed by atoms with Crippen molar-refractivity contribution >= 4 is 17.5 Å². The monoisotopic (exact) mass is 253 g/mol. The minimum Gasteiger partial charge on any atom is -0.496 e. The fraction of sp³-hybridized carbons (Fsp3) is 0.462. The van der Waals surface area contributed by atoms with Crippen LogP contribution in [-0.4, -0.2) is 30.3 Å². The number of hydrogen-bond donors (Lipinski definition) is 0. The minimum absolute atomic E-state index is 0.122. The van der Waals surface area contributed by atoms with Crippen LogP contribution in [0.4, 0.5) is 0 Å². The summed E-state index contributed by atoms with van der Waals surface area (Å²) in [6.07, 6.45) is 1.30. The zero-order valence-electron chi connectivity index (χ0n) is 9.91. The first-order valence-corrected chi connectivity index (χ1v) is 6.28. The van der Waals surface area contributed by atoms with E-state index in [2.05, 4.69) is 6.07 Å². The summed E-state index contributed by atoms with van der Waals surface area (Å²) in [5, 5.41) is 0. The average molecular weight is 254 g/mol. The summed E-state index contributed by atoms with van der Waals surface area (Å²) in [5.74, 6) is 1.37. The largest absolute Gasteiger partial charge is 0.496 e. The van der Waals surface area contributed by atoms with E-state index in [9.17, 15) is 4.79 Å².